The molecule has 3 N–H and O–H groups in total. The molecular weight excluding hydrogens is 326 g/mol. The van der Waals surface area contributed by atoms with Crippen LogP contribution in [0.25, 0.3) is 6.08 Å². The van der Waals surface area contributed by atoms with Gasteiger partial charge in [0.25, 0.3) is 5.91 Å². The molecule has 5 nitrogen and oxygen atoms in total. The second-order valence-electron chi connectivity index (χ2n) is 6.73. The first kappa shape index (κ1) is 18.3. The van der Waals surface area contributed by atoms with Crippen LogP contribution in [0.2, 0.25) is 0 Å². The van der Waals surface area contributed by atoms with Gasteiger partial charge in [-0.25, -0.2) is 5.48 Å². The average molecular weight is 351 g/mol. The number of carbonyl (C=O) groups excluding carboxylic acids is 1. The number of amides is 1. The van der Waals surface area contributed by atoms with Crippen LogP contribution in [-0.4, -0.2) is 29.4 Å². The Morgan fingerprint density at radius 1 is 1.23 bits per heavy atom. The maximum Gasteiger partial charge on any atom is 0.267 e. The zero-order valence-corrected chi connectivity index (χ0v) is 14.9. The molecular formula is C21H25N3O2. The summed E-state index contributed by atoms with van der Waals surface area (Å²) in [5, 5.41) is 12.0. The van der Waals surface area contributed by atoms with Crippen molar-refractivity contribution >= 4 is 17.7 Å². The van der Waals surface area contributed by atoms with Gasteiger partial charge in [-0.1, -0.05) is 48.6 Å². The fourth-order valence-electron chi connectivity index (χ4n) is 3.57. The van der Waals surface area contributed by atoms with Crippen molar-refractivity contribution in [1.29, 1.82) is 0 Å². The van der Waals surface area contributed by atoms with Crippen LogP contribution in [0.1, 0.15) is 24.5 Å². The monoisotopic (exact) mass is 351 g/mol. The van der Waals surface area contributed by atoms with Crippen LogP contribution in [0.5, 0.6) is 0 Å². The van der Waals surface area contributed by atoms with Crippen molar-refractivity contribution in [3.8, 4) is 0 Å². The van der Waals surface area contributed by atoms with Gasteiger partial charge in [0.1, 0.15) is 0 Å². The molecule has 26 heavy (non-hydrogen) atoms. The number of nitrogens with zero attached hydrogens (tertiary/aromatic N) is 1. The van der Waals surface area contributed by atoms with Gasteiger partial charge in [-0.15, -0.1) is 0 Å². The second-order valence-corrected chi connectivity index (χ2v) is 6.73. The van der Waals surface area contributed by atoms with E-state index in [9.17, 15) is 4.79 Å². The summed E-state index contributed by atoms with van der Waals surface area (Å²) in [7, 11) is 0. The molecule has 136 valence electrons. The first-order valence-electron chi connectivity index (χ1n) is 8.98. The van der Waals surface area contributed by atoms with E-state index in [2.05, 4.69) is 36.5 Å². The molecule has 3 rings (SSSR count). The van der Waals surface area contributed by atoms with E-state index in [0.717, 1.165) is 25.1 Å². The van der Waals surface area contributed by atoms with E-state index in [-0.39, 0.29) is 0 Å². The zero-order valence-electron chi connectivity index (χ0n) is 14.9. The summed E-state index contributed by atoms with van der Waals surface area (Å²) >= 11 is 0. The maximum absolute atomic E-state index is 11.0. The first-order chi connectivity index (χ1) is 12.7. The highest BCUT2D eigenvalue weighted by molar-refractivity contribution is 5.90. The van der Waals surface area contributed by atoms with Crippen molar-refractivity contribution in [2.45, 2.75) is 25.9 Å². The van der Waals surface area contributed by atoms with Gasteiger partial charge in [-0.2, -0.15) is 0 Å². The third-order valence-electron chi connectivity index (χ3n) is 4.98. The van der Waals surface area contributed by atoms with Crippen molar-refractivity contribution in [3.63, 3.8) is 0 Å². The highest BCUT2D eigenvalue weighted by atomic mass is 16.5. The van der Waals surface area contributed by atoms with Gasteiger partial charge in [-0.05, 0) is 37.1 Å². The molecule has 1 aromatic rings. The number of fused-ring (bicyclic) bond motifs is 1. The summed E-state index contributed by atoms with van der Waals surface area (Å²) in [6.45, 7) is 3.92. The van der Waals surface area contributed by atoms with E-state index < -0.39 is 5.91 Å². The molecule has 1 amide bonds. The van der Waals surface area contributed by atoms with Gasteiger partial charge in [0, 0.05) is 30.2 Å². The molecule has 1 aliphatic carbocycles. The molecule has 3 atom stereocenters. The molecule has 0 bridgehead atoms. The molecule has 0 spiro atoms. The predicted octanol–water partition coefficient (Wildman–Crippen LogP) is 2.89. The van der Waals surface area contributed by atoms with Crippen LogP contribution >= 0.6 is 0 Å². The molecule has 0 fully saturated rings. The minimum Gasteiger partial charge on any atom is -0.313 e. The summed E-state index contributed by atoms with van der Waals surface area (Å²) in [5.74, 6) is 0.509. The van der Waals surface area contributed by atoms with Crippen LogP contribution in [0.4, 0.5) is 0 Å². The van der Waals surface area contributed by atoms with Crippen molar-refractivity contribution in [2.75, 3.05) is 6.54 Å². The third kappa shape index (κ3) is 4.56. The van der Waals surface area contributed by atoms with Crippen molar-refractivity contribution in [2.24, 2.45) is 16.8 Å². The molecule has 3 unspecified atom stereocenters. The molecule has 0 aromatic heterocycles. The number of hydroxylamine groups is 1. The number of aliphatic imine (C=N–C) groups is 1. The summed E-state index contributed by atoms with van der Waals surface area (Å²) in [4.78, 5) is 15.7. The van der Waals surface area contributed by atoms with Crippen molar-refractivity contribution in [1.82, 2.24) is 10.8 Å². The molecule has 1 heterocycles. The Bertz CT molecular complexity index is 747. The van der Waals surface area contributed by atoms with Gasteiger partial charge in [0.2, 0.25) is 0 Å². The predicted molar refractivity (Wildman–Crippen MR) is 104 cm³/mol. The number of allylic oxidation sites excluding steroid dienone is 2. The van der Waals surface area contributed by atoms with Crippen LogP contribution in [0.15, 0.2) is 59.6 Å². The molecule has 5 heteroatoms. The minimum atomic E-state index is -0.535. The van der Waals surface area contributed by atoms with Crippen molar-refractivity contribution < 1.29 is 10.0 Å². The van der Waals surface area contributed by atoms with Gasteiger partial charge in [0.05, 0.1) is 6.04 Å². The van der Waals surface area contributed by atoms with Crippen LogP contribution in [0, 0.1) is 11.8 Å². The maximum atomic E-state index is 11.0. The largest absolute Gasteiger partial charge is 0.313 e. The number of hydrogen-bond donors (Lipinski definition) is 3. The summed E-state index contributed by atoms with van der Waals surface area (Å²) in [5.41, 5.74) is 4.95. The fraction of sp³-hybridized carbons (Fsp3) is 0.333. The average Bonchev–Trinajstić information content (AvgIpc) is 2.99. The Morgan fingerprint density at radius 2 is 2.00 bits per heavy atom. The molecule has 0 saturated carbocycles. The molecule has 0 saturated heterocycles. The highest BCUT2D eigenvalue weighted by Crippen LogP contribution is 2.33. The van der Waals surface area contributed by atoms with Crippen LogP contribution in [-0.2, 0) is 11.3 Å². The van der Waals surface area contributed by atoms with Gasteiger partial charge in [-0.3, -0.25) is 15.0 Å². The topological polar surface area (TPSA) is 73.7 Å². The van der Waals surface area contributed by atoms with E-state index in [4.69, 9.17) is 10.2 Å². The summed E-state index contributed by atoms with van der Waals surface area (Å²) < 4.78 is 0. The Kier molecular flexibility index (Phi) is 6.15. The Labute approximate surface area is 154 Å². The number of nitrogens with one attached hydrogen (secondary N) is 2. The van der Waals surface area contributed by atoms with E-state index in [1.165, 1.54) is 17.4 Å². The van der Waals surface area contributed by atoms with Gasteiger partial charge >= 0.3 is 0 Å². The standard InChI is InChI=1S/C21H25N3O2/c1-15-18(19-4-2-3-5-20(19)23-15)12-13-22-14-17-8-6-16(7-9-17)10-11-21(25)24-26/h2-11,18-20,22,26H,12-14H2,1H3,(H,24,25). The number of hydrogen-bond acceptors (Lipinski definition) is 4. The van der Waals surface area contributed by atoms with Crippen LogP contribution < -0.4 is 10.8 Å². The fourth-order valence-corrected chi connectivity index (χ4v) is 3.57. The lowest BCUT2D eigenvalue weighted by molar-refractivity contribution is -0.124. The highest BCUT2D eigenvalue weighted by Gasteiger charge is 2.34. The number of rotatable bonds is 7. The second kappa shape index (κ2) is 8.74. The first-order valence-corrected chi connectivity index (χ1v) is 8.98. The Morgan fingerprint density at radius 3 is 2.77 bits per heavy atom. The van der Waals surface area contributed by atoms with Crippen molar-refractivity contribution in [3.05, 3.63) is 65.8 Å². The lowest BCUT2D eigenvalue weighted by Crippen LogP contribution is -2.26. The quantitative estimate of drug-likeness (QED) is 0.306. The molecule has 0 radical (unpaired) electrons. The number of carbonyl (C=O) groups is 1. The van der Waals surface area contributed by atoms with E-state index in [1.54, 1.807) is 11.6 Å². The zero-order chi connectivity index (χ0) is 18.4. The number of benzene rings is 1. The van der Waals surface area contributed by atoms with Gasteiger partial charge in [0.15, 0.2) is 0 Å². The SMILES string of the molecule is CC1=NC2C=CC=CC2C1CCNCc1ccc(C=CC(=O)NO)cc1. The van der Waals surface area contributed by atoms with E-state index in [0.29, 0.717) is 17.9 Å². The normalized spacial score (nSPS) is 23.9. The Hall–Kier alpha value is -2.50. The Balaban J connectivity index is 1.43. The summed E-state index contributed by atoms with van der Waals surface area (Å²) in [6, 6.07) is 8.32. The summed E-state index contributed by atoms with van der Waals surface area (Å²) in [6.07, 6.45) is 12.8. The smallest absolute Gasteiger partial charge is 0.267 e. The lowest BCUT2D eigenvalue weighted by Gasteiger charge is -2.21. The molecule has 1 aromatic carbocycles. The van der Waals surface area contributed by atoms with Gasteiger partial charge < -0.3 is 5.32 Å². The van der Waals surface area contributed by atoms with Crippen LogP contribution in [0.3, 0.4) is 0 Å². The third-order valence-corrected chi connectivity index (χ3v) is 4.98. The molecule has 1 aliphatic heterocycles. The van der Waals surface area contributed by atoms with E-state index >= 15 is 0 Å². The minimum absolute atomic E-state index is 0.332. The van der Waals surface area contributed by atoms with E-state index in [1.807, 2.05) is 24.3 Å². The molecule has 2 aliphatic rings. The lowest BCUT2D eigenvalue weighted by atomic mass is 9.83.